The second-order valence-corrected chi connectivity index (χ2v) is 5.84. The fourth-order valence-electron chi connectivity index (χ4n) is 3.01. The van der Waals surface area contributed by atoms with Crippen LogP contribution in [0, 0.1) is 11.6 Å². The second kappa shape index (κ2) is 6.22. The van der Waals surface area contributed by atoms with E-state index in [0.717, 1.165) is 25.0 Å². The Balaban J connectivity index is 2.13. The lowest BCUT2D eigenvalue weighted by atomic mass is 9.94. The molecule has 1 aliphatic carbocycles. The number of hydrogen-bond acceptors (Lipinski definition) is 3. The Bertz CT molecular complexity index is 708. The number of esters is 1. The van der Waals surface area contributed by atoms with E-state index in [9.17, 15) is 18.4 Å². The number of benzene rings is 1. The molecular weight excluding hydrogens is 318 g/mol. The van der Waals surface area contributed by atoms with Gasteiger partial charge in [-0.15, -0.1) is 0 Å². The van der Waals surface area contributed by atoms with Crippen LogP contribution < -0.4 is 5.32 Å². The van der Waals surface area contributed by atoms with Crippen molar-refractivity contribution in [3.63, 3.8) is 0 Å². The first-order valence-corrected chi connectivity index (χ1v) is 7.87. The Morgan fingerprint density at radius 1 is 1.33 bits per heavy atom. The molecule has 0 radical (unpaired) electrons. The summed E-state index contributed by atoms with van der Waals surface area (Å²) >= 11 is 0. The topological polar surface area (TPSA) is 58.6 Å². The zero-order valence-electron chi connectivity index (χ0n) is 13.4. The van der Waals surface area contributed by atoms with Gasteiger partial charge < -0.3 is 10.1 Å². The molecule has 1 N–H and O–H groups in total. The largest absolute Gasteiger partial charge is 0.463 e. The lowest BCUT2D eigenvalue weighted by molar-refractivity contribution is -0.139. The standard InChI is InChI=1S/C17H18F2N2O3/c1-3-24-16(22)13-9(2)21(10-7-8-10)17(23)20-15(13)14-11(18)5-4-6-12(14)19/h4-6,10,15H,3,7-8H2,1-2H3,(H,20,23). The van der Waals surface area contributed by atoms with E-state index in [-0.39, 0.29) is 23.8 Å². The van der Waals surface area contributed by atoms with Crippen molar-refractivity contribution < 1.29 is 23.1 Å². The minimum absolute atomic E-state index is 0.0147. The predicted molar refractivity (Wildman–Crippen MR) is 81.8 cm³/mol. The quantitative estimate of drug-likeness (QED) is 0.860. The molecule has 1 atom stereocenters. The highest BCUT2D eigenvalue weighted by molar-refractivity contribution is 5.95. The average molecular weight is 336 g/mol. The first kappa shape index (κ1) is 16.4. The van der Waals surface area contributed by atoms with Crippen LogP contribution in [0.25, 0.3) is 0 Å². The minimum atomic E-state index is -1.22. The molecular formula is C17H18F2N2O3. The van der Waals surface area contributed by atoms with Crippen LogP contribution in [0.15, 0.2) is 29.5 Å². The molecule has 1 fully saturated rings. The second-order valence-electron chi connectivity index (χ2n) is 5.84. The summed E-state index contributed by atoms with van der Waals surface area (Å²) in [5.41, 5.74) is 0.0865. The fourth-order valence-corrected chi connectivity index (χ4v) is 3.01. The summed E-state index contributed by atoms with van der Waals surface area (Å²) < 4.78 is 33.4. The normalized spacial score (nSPS) is 20.9. The zero-order valence-corrected chi connectivity index (χ0v) is 13.4. The summed E-state index contributed by atoms with van der Waals surface area (Å²) in [5, 5.41) is 2.55. The van der Waals surface area contributed by atoms with Crippen LogP contribution in [-0.2, 0) is 9.53 Å². The molecule has 2 amide bonds. The molecule has 0 aromatic heterocycles. The van der Waals surface area contributed by atoms with Gasteiger partial charge in [-0.3, -0.25) is 4.90 Å². The summed E-state index contributed by atoms with van der Waals surface area (Å²) in [6, 6.07) is 1.76. The summed E-state index contributed by atoms with van der Waals surface area (Å²) in [6.07, 6.45) is 1.67. The monoisotopic (exact) mass is 336 g/mol. The molecule has 24 heavy (non-hydrogen) atoms. The van der Waals surface area contributed by atoms with Gasteiger partial charge in [0.1, 0.15) is 11.6 Å². The van der Waals surface area contributed by atoms with E-state index in [4.69, 9.17) is 4.74 Å². The number of ether oxygens (including phenoxy) is 1. The van der Waals surface area contributed by atoms with Crippen molar-refractivity contribution in [2.24, 2.45) is 0 Å². The first-order chi connectivity index (χ1) is 11.5. The van der Waals surface area contributed by atoms with E-state index >= 15 is 0 Å². The molecule has 0 saturated heterocycles. The molecule has 1 aliphatic heterocycles. The summed E-state index contributed by atoms with van der Waals surface area (Å²) in [5.74, 6) is -2.34. The number of rotatable bonds is 4. The third-order valence-electron chi connectivity index (χ3n) is 4.22. The van der Waals surface area contributed by atoms with Crippen LogP contribution in [0.5, 0.6) is 0 Å². The minimum Gasteiger partial charge on any atom is -0.463 e. The van der Waals surface area contributed by atoms with Crippen molar-refractivity contribution in [3.8, 4) is 0 Å². The fraction of sp³-hybridized carbons (Fsp3) is 0.412. The molecule has 7 heteroatoms. The van der Waals surface area contributed by atoms with E-state index in [1.165, 1.54) is 11.0 Å². The van der Waals surface area contributed by atoms with Gasteiger partial charge in [-0.1, -0.05) is 6.07 Å². The van der Waals surface area contributed by atoms with Crippen LogP contribution >= 0.6 is 0 Å². The van der Waals surface area contributed by atoms with E-state index in [1.54, 1.807) is 13.8 Å². The van der Waals surface area contributed by atoms with Gasteiger partial charge in [0.2, 0.25) is 0 Å². The van der Waals surface area contributed by atoms with Gasteiger partial charge in [-0.25, -0.2) is 18.4 Å². The molecule has 2 aliphatic rings. The number of carbonyl (C=O) groups excluding carboxylic acids is 2. The number of nitrogens with zero attached hydrogens (tertiary/aromatic N) is 1. The highest BCUT2D eigenvalue weighted by atomic mass is 19.1. The Labute approximate surface area is 138 Å². The Kier molecular flexibility index (Phi) is 4.26. The summed E-state index contributed by atoms with van der Waals surface area (Å²) in [4.78, 5) is 26.3. The van der Waals surface area contributed by atoms with E-state index in [1.807, 2.05) is 0 Å². The maximum absolute atomic E-state index is 14.2. The SMILES string of the molecule is CCOC(=O)C1=C(C)N(C2CC2)C(=O)NC1c1c(F)cccc1F. The van der Waals surface area contributed by atoms with E-state index in [0.29, 0.717) is 5.70 Å². The number of carbonyl (C=O) groups is 2. The van der Waals surface area contributed by atoms with Crippen LogP contribution in [0.1, 0.15) is 38.3 Å². The summed E-state index contributed by atoms with van der Waals surface area (Å²) in [6.45, 7) is 3.38. The highest BCUT2D eigenvalue weighted by Gasteiger charge is 2.43. The molecule has 128 valence electrons. The average Bonchev–Trinajstić information content (AvgIpc) is 3.31. The lowest BCUT2D eigenvalue weighted by Crippen LogP contribution is -2.49. The van der Waals surface area contributed by atoms with Crippen LogP contribution in [-0.4, -0.2) is 29.5 Å². The number of allylic oxidation sites excluding steroid dienone is 1. The Morgan fingerprint density at radius 2 is 1.96 bits per heavy atom. The Morgan fingerprint density at radius 3 is 2.50 bits per heavy atom. The van der Waals surface area contributed by atoms with E-state index < -0.39 is 29.7 Å². The third-order valence-corrected chi connectivity index (χ3v) is 4.22. The molecule has 3 rings (SSSR count). The van der Waals surface area contributed by atoms with Crippen LogP contribution in [0.4, 0.5) is 13.6 Å². The van der Waals surface area contributed by atoms with Crippen LogP contribution in [0.2, 0.25) is 0 Å². The highest BCUT2D eigenvalue weighted by Crippen LogP contribution is 2.39. The van der Waals surface area contributed by atoms with Gasteiger partial charge in [0.25, 0.3) is 0 Å². The molecule has 1 saturated carbocycles. The smallest absolute Gasteiger partial charge is 0.338 e. The summed E-state index contributed by atoms with van der Waals surface area (Å²) in [7, 11) is 0. The van der Waals surface area contributed by atoms with Gasteiger partial charge in [0.05, 0.1) is 23.8 Å². The van der Waals surface area contributed by atoms with Crippen LogP contribution in [0.3, 0.4) is 0 Å². The molecule has 0 spiro atoms. The van der Waals surface area contributed by atoms with Crippen molar-refractivity contribution >= 4 is 12.0 Å². The van der Waals surface area contributed by atoms with E-state index in [2.05, 4.69) is 5.32 Å². The predicted octanol–water partition coefficient (Wildman–Crippen LogP) is 3.03. The molecule has 5 nitrogen and oxygen atoms in total. The number of urea groups is 1. The third kappa shape index (κ3) is 2.74. The van der Waals surface area contributed by atoms with Crippen molar-refractivity contribution in [2.75, 3.05) is 6.61 Å². The van der Waals surface area contributed by atoms with Crippen molar-refractivity contribution in [1.29, 1.82) is 0 Å². The van der Waals surface area contributed by atoms with Gasteiger partial charge in [0, 0.05) is 11.7 Å². The molecule has 1 aromatic carbocycles. The number of nitrogens with one attached hydrogen (secondary N) is 1. The molecule has 1 heterocycles. The lowest BCUT2D eigenvalue weighted by Gasteiger charge is -2.35. The first-order valence-electron chi connectivity index (χ1n) is 7.87. The zero-order chi connectivity index (χ0) is 17.4. The maximum Gasteiger partial charge on any atom is 0.338 e. The van der Waals surface area contributed by atoms with Gasteiger partial charge >= 0.3 is 12.0 Å². The van der Waals surface area contributed by atoms with Crippen molar-refractivity contribution in [3.05, 3.63) is 46.7 Å². The van der Waals surface area contributed by atoms with Gasteiger partial charge in [0.15, 0.2) is 0 Å². The molecule has 1 unspecified atom stereocenters. The molecule has 0 bridgehead atoms. The van der Waals surface area contributed by atoms with Crippen molar-refractivity contribution in [2.45, 2.75) is 38.8 Å². The maximum atomic E-state index is 14.2. The Hall–Kier alpha value is -2.44. The van der Waals surface area contributed by atoms with Crippen molar-refractivity contribution in [1.82, 2.24) is 10.2 Å². The van der Waals surface area contributed by atoms with Gasteiger partial charge in [-0.2, -0.15) is 0 Å². The number of amides is 2. The number of hydrogen-bond donors (Lipinski definition) is 1. The molecule has 1 aromatic rings. The number of halogens is 2. The van der Waals surface area contributed by atoms with Gasteiger partial charge in [-0.05, 0) is 38.8 Å².